The third-order valence-corrected chi connectivity index (χ3v) is 20.9. The van der Waals surface area contributed by atoms with Gasteiger partial charge in [-0.05, 0) is 128 Å². The lowest BCUT2D eigenvalue weighted by Gasteiger charge is -2.41. The summed E-state index contributed by atoms with van der Waals surface area (Å²) < 4.78 is 51.4. The molecule has 34 heteroatoms. The number of aliphatic carboxylic acids is 1. The van der Waals surface area contributed by atoms with Crippen LogP contribution in [0.5, 0.6) is 0 Å². The minimum atomic E-state index is -1.56. The fourth-order valence-corrected chi connectivity index (χ4v) is 14.5. The summed E-state index contributed by atoms with van der Waals surface area (Å²) in [6.07, 6.45) is -2.54. The van der Waals surface area contributed by atoms with Crippen LogP contribution in [-0.4, -0.2) is 274 Å². The number of nitrogens with zero attached hydrogens (tertiary/aromatic N) is 4. The molecule has 14 atom stereocenters. The van der Waals surface area contributed by atoms with Crippen LogP contribution in [0.15, 0.2) is 60.7 Å². The van der Waals surface area contributed by atoms with E-state index in [4.69, 9.17) is 42.6 Å². The monoisotopic (exact) mass is 1690 g/mol. The van der Waals surface area contributed by atoms with Crippen LogP contribution >= 0.6 is 0 Å². The number of ether oxygens (including phenoxy) is 9. The van der Waals surface area contributed by atoms with E-state index in [0.29, 0.717) is 57.2 Å². The van der Waals surface area contributed by atoms with Gasteiger partial charge in [0.25, 0.3) is 0 Å². The van der Waals surface area contributed by atoms with Crippen molar-refractivity contribution in [1.29, 1.82) is 0 Å². The molecule has 11 amide bonds. The van der Waals surface area contributed by atoms with Crippen LogP contribution in [0.2, 0.25) is 0 Å². The Morgan fingerprint density at radius 2 is 1.17 bits per heavy atom. The fraction of sp³-hybridized carbons (Fsp3) is 0.709. The number of amides is 11. The van der Waals surface area contributed by atoms with Crippen LogP contribution in [-0.2, 0) is 97.2 Å². The summed E-state index contributed by atoms with van der Waals surface area (Å²) in [4.78, 5) is 184. The van der Waals surface area contributed by atoms with Gasteiger partial charge >= 0.3 is 30.2 Å². The van der Waals surface area contributed by atoms with Gasteiger partial charge in [0.2, 0.25) is 47.3 Å². The number of nitrogens with one attached hydrogen (secondary N) is 7. The zero-order valence-electron chi connectivity index (χ0n) is 74.4. The van der Waals surface area contributed by atoms with E-state index in [0.717, 1.165) is 5.56 Å². The number of carboxylic acids is 1. The van der Waals surface area contributed by atoms with Crippen molar-refractivity contribution in [1.82, 2.24) is 56.8 Å². The number of alkyl carbamates (subject to hydrolysis) is 2. The average Bonchev–Trinajstić information content (AvgIpc) is 1.22. The lowest BCUT2D eigenvalue weighted by Crippen LogP contribution is -2.60. The largest absolute Gasteiger partial charge is 0.481 e. The van der Waals surface area contributed by atoms with Gasteiger partial charge in [0.05, 0.1) is 88.7 Å². The number of methoxy groups -OCH3 is 2. The molecule has 0 saturated carbocycles. The molecule has 2 aromatic rings. The number of benzene rings is 2. The summed E-state index contributed by atoms with van der Waals surface area (Å²) in [6, 6.07) is 8.76. The third-order valence-electron chi connectivity index (χ3n) is 20.9. The normalized spacial score (nSPS) is 17.3. The highest BCUT2D eigenvalue weighted by molar-refractivity contribution is 5.96. The number of likely N-dealkylation sites (N-methyl/N-ethyl adjacent to an activating group) is 2. The van der Waals surface area contributed by atoms with E-state index in [1.165, 1.54) is 31.1 Å². The van der Waals surface area contributed by atoms with Crippen LogP contribution in [0.4, 0.5) is 14.4 Å². The van der Waals surface area contributed by atoms with Crippen LogP contribution < -0.4 is 37.2 Å². The maximum absolute atomic E-state index is 14.8. The van der Waals surface area contributed by atoms with Gasteiger partial charge in [-0.3, -0.25) is 48.1 Å². The number of carbonyl (C=O) groups excluding carboxylic acids is 12. The van der Waals surface area contributed by atoms with Gasteiger partial charge in [0, 0.05) is 60.9 Å². The molecule has 8 N–H and O–H groups in total. The number of likely N-dealkylation sites (tertiary alicyclic amines) is 2. The van der Waals surface area contributed by atoms with Gasteiger partial charge < -0.3 is 99.7 Å². The van der Waals surface area contributed by atoms with Crippen molar-refractivity contribution in [2.75, 3.05) is 94.1 Å². The highest BCUT2D eigenvalue weighted by Gasteiger charge is 2.46. The van der Waals surface area contributed by atoms with Gasteiger partial charge in [-0.2, -0.15) is 0 Å². The van der Waals surface area contributed by atoms with Crippen LogP contribution in [0.1, 0.15) is 199 Å². The highest BCUT2D eigenvalue weighted by atomic mass is 16.6. The molecular formula is C86H139N11O23. The molecular weight excluding hydrogens is 1550 g/mol. The fourth-order valence-electron chi connectivity index (χ4n) is 14.5. The summed E-state index contributed by atoms with van der Waals surface area (Å²) in [6.45, 7) is 29.6. The number of rotatable bonds is 50. The predicted octanol–water partition coefficient (Wildman–Crippen LogP) is 7.37. The molecule has 34 nitrogen and oxygen atoms in total. The summed E-state index contributed by atoms with van der Waals surface area (Å²) >= 11 is 0. The molecule has 676 valence electrons. The Hall–Kier alpha value is -9.25. The molecule has 2 fully saturated rings. The minimum absolute atomic E-state index is 0.00335. The second-order valence-corrected chi connectivity index (χ2v) is 33.9. The molecule has 0 unspecified atom stereocenters. The summed E-state index contributed by atoms with van der Waals surface area (Å²) in [5.41, 5.74) is -0.155. The molecule has 4 rings (SSSR count). The quantitative estimate of drug-likeness (QED) is 0.0182. The molecule has 2 aromatic carbocycles. The Bertz CT molecular complexity index is 3580. The van der Waals surface area contributed by atoms with E-state index in [9.17, 15) is 67.4 Å². The predicted molar refractivity (Wildman–Crippen MR) is 446 cm³/mol. The van der Waals surface area contributed by atoms with Gasteiger partial charge in [0.15, 0.2) is 0 Å². The number of carbonyl (C=O) groups is 13. The van der Waals surface area contributed by atoms with Gasteiger partial charge in [-0.1, -0.05) is 129 Å². The first-order chi connectivity index (χ1) is 56.6. The molecule has 0 aromatic heterocycles. The molecule has 0 aliphatic carbocycles. The number of hydrogen-bond donors (Lipinski definition) is 8. The SMILES string of the molecule is CC[C@H](C)[C@@H]([C@@H](CC(=O)N1CCC[C@H]1[C@H](OC)[C@@H](C)C(=O)N[C@H](C)[C@@H](OC(=O)[C@@H](NC(=O)[C@@H]1CCCN1C(=O)[C@H](CC(=O)O)NC(=O)CCOCCOCCOCCNC(=O)[C@H](CCCCNC(=O)OC(C)(C)C)NC(=O)OC(C)(C)C)C(C)C)c1ccccc1)OC)N(C)C(=O)[C@@H](NC(=O)[C@H](C(C)C)N(C)C(=O)OCc1ccccc1)C(C)C. The second-order valence-electron chi connectivity index (χ2n) is 33.9. The zero-order chi connectivity index (χ0) is 89.7. The number of hydrogen-bond acceptors (Lipinski definition) is 22. The molecule has 2 aliphatic rings. The molecule has 0 bridgehead atoms. The molecule has 2 aliphatic heterocycles. The molecule has 120 heavy (non-hydrogen) atoms. The van der Waals surface area contributed by atoms with Crippen molar-refractivity contribution < 1.29 is 110 Å². The lowest BCUT2D eigenvalue weighted by atomic mass is 9.89. The highest BCUT2D eigenvalue weighted by Crippen LogP contribution is 2.32. The maximum atomic E-state index is 14.8. The van der Waals surface area contributed by atoms with Crippen LogP contribution in [0, 0.1) is 29.6 Å². The zero-order valence-corrected chi connectivity index (χ0v) is 74.4. The van der Waals surface area contributed by atoms with Gasteiger partial charge in [0.1, 0.15) is 60.2 Å². The molecule has 2 heterocycles. The van der Waals surface area contributed by atoms with Crippen molar-refractivity contribution >= 4 is 77.5 Å². The molecule has 0 radical (unpaired) electrons. The lowest BCUT2D eigenvalue weighted by molar-refractivity contribution is -0.157. The Morgan fingerprint density at radius 3 is 1.74 bits per heavy atom. The first kappa shape index (κ1) is 103. The van der Waals surface area contributed by atoms with E-state index < -0.39 is 180 Å². The van der Waals surface area contributed by atoms with E-state index in [-0.39, 0.29) is 103 Å². The molecule has 0 spiro atoms. The number of unbranched alkanes of at least 4 members (excludes halogenated alkanes) is 1. The van der Waals surface area contributed by atoms with Crippen molar-refractivity contribution in [2.24, 2.45) is 29.6 Å². The van der Waals surface area contributed by atoms with Crippen molar-refractivity contribution in [3.63, 3.8) is 0 Å². The third kappa shape index (κ3) is 34.7. The standard InChI is InChI=1S/C86H139N11O23/c1-21-56(8)72(94(17)80(107)69(53(2)3)92-78(105)71(55(6)7)95(18)84(111)117-52-59-32-24-22-25-33-59)65(112-19)51-67(99)96-42-30-37-63(96)73(113-20)57(9)75(102)89-58(10)74(60-34-26-23-27-35-60)118-81(108)70(54(4)5)93-77(104)64-38-31-43-97(64)79(106)62(50-68(100)101)90-66(98)39-44-114-46-48-116-49-47-115-45-41-87-76(103)61(91-83(110)120-86(14,15)16)36-28-29-40-88-82(109)119-85(11,12)13/h22-27,32-35,53-58,61-65,69-74H,21,28-31,36-52H2,1-20H3,(H,87,103)(H,88,109)(H,89,102)(H,90,98)(H,91,110)(H,92,105)(H,93,104)(H,100,101)/t56-,57+,58+,61-,62-,63-,64-,65+,69-,70-,71-,72-,73+,74+/m0/s1. The topological polar surface area (TPSA) is 422 Å². The Morgan fingerprint density at radius 1 is 0.583 bits per heavy atom. The molecule has 2 saturated heterocycles. The van der Waals surface area contributed by atoms with E-state index >= 15 is 0 Å². The maximum Gasteiger partial charge on any atom is 0.410 e. The Labute approximate surface area is 708 Å². The number of carboxylic acid groups (broad SMARTS) is 1. The summed E-state index contributed by atoms with van der Waals surface area (Å²) in [5, 5.41) is 29.2. The minimum Gasteiger partial charge on any atom is -0.481 e. The second kappa shape index (κ2) is 51.5. The number of esters is 1. The van der Waals surface area contributed by atoms with Gasteiger partial charge in [-0.25, -0.2) is 19.2 Å². The smallest absolute Gasteiger partial charge is 0.410 e. The van der Waals surface area contributed by atoms with E-state index in [1.807, 2.05) is 58.0 Å². The van der Waals surface area contributed by atoms with Crippen LogP contribution in [0.25, 0.3) is 0 Å². The first-order valence-electron chi connectivity index (χ1n) is 42.1. The van der Waals surface area contributed by atoms with Crippen molar-refractivity contribution in [3.05, 3.63) is 71.8 Å². The van der Waals surface area contributed by atoms with Crippen molar-refractivity contribution in [2.45, 2.75) is 272 Å². The Balaban J connectivity index is 1.32. The van der Waals surface area contributed by atoms with Gasteiger partial charge in [-0.15, -0.1) is 0 Å². The summed E-state index contributed by atoms with van der Waals surface area (Å²) in [7, 11) is 6.07. The summed E-state index contributed by atoms with van der Waals surface area (Å²) in [5.74, 6) is -9.08. The van der Waals surface area contributed by atoms with Crippen molar-refractivity contribution in [3.8, 4) is 0 Å². The average molecular weight is 1700 g/mol. The van der Waals surface area contributed by atoms with E-state index in [2.05, 4.69) is 37.2 Å². The van der Waals surface area contributed by atoms with Crippen LogP contribution in [0.3, 0.4) is 0 Å². The first-order valence-corrected chi connectivity index (χ1v) is 42.1. The Kier molecular flexibility index (Phi) is 44.2. The van der Waals surface area contributed by atoms with E-state index in [1.54, 1.807) is 130 Å².